The fourth-order valence-electron chi connectivity index (χ4n) is 1.93. The molecule has 0 aromatic rings. The number of rotatable bonds is 5. The van der Waals surface area contributed by atoms with Gasteiger partial charge in [0.2, 0.25) is 5.91 Å². The van der Waals surface area contributed by atoms with Crippen LogP contribution in [0.5, 0.6) is 0 Å². The summed E-state index contributed by atoms with van der Waals surface area (Å²) in [5.74, 6) is 0.734. The average molecular weight is 257 g/mol. The van der Waals surface area contributed by atoms with Crippen LogP contribution in [0.3, 0.4) is 0 Å². The number of nitrogens with zero attached hydrogens (tertiary/aromatic N) is 1. The number of nitrogens with two attached hydrogens (primary N) is 1. The van der Waals surface area contributed by atoms with Gasteiger partial charge in [0.1, 0.15) is 0 Å². The summed E-state index contributed by atoms with van der Waals surface area (Å²) in [5, 5.41) is 4.27. The predicted octanol–water partition coefficient (Wildman–Crippen LogP) is 1.89. The number of amidine groups is 1. The summed E-state index contributed by atoms with van der Waals surface area (Å²) in [6.07, 6.45) is 2.42. The highest BCUT2D eigenvalue weighted by Gasteiger charge is 2.34. The van der Waals surface area contributed by atoms with Gasteiger partial charge in [0.05, 0.1) is 5.54 Å². The monoisotopic (exact) mass is 257 g/mol. The third kappa shape index (κ3) is 3.91. The van der Waals surface area contributed by atoms with Crippen LogP contribution in [0.4, 0.5) is 0 Å². The number of carbonyl (C=O) groups excluding carboxylic acids is 1. The van der Waals surface area contributed by atoms with Crippen LogP contribution in [0.1, 0.15) is 47.0 Å². The van der Waals surface area contributed by atoms with Crippen LogP contribution >= 0.6 is 11.8 Å². The maximum absolute atomic E-state index is 11.0. The third-order valence-electron chi connectivity index (χ3n) is 3.19. The number of aliphatic imine (C=N–C) groups is 1. The highest BCUT2D eigenvalue weighted by atomic mass is 32.2. The Morgan fingerprint density at radius 2 is 2.12 bits per heavy atom. The van der Waals surface area contributed by atoms with E-state index >= 15 is 0 Å². The van der Waals surface area contributed by atoms with Gasteiger partial charge in [-0.05, 0) is 26.7 Å². The lowest BCUT2D eigenvalue weighted by Gasteiger charge is -2.25. The molecule has 0 spiro atoms. The normalized spacial score (nSPS) is 18.9. The van der Waals surface area contributed by atoms with Gasteiger partial charge in [-0.2, -0.15) is 0 Å². The van der Waals surface area contributed by atoms with E-state index in [0.717, 1.165) is 23.8 Å². The zero-order valence-corrected chi connectivity index (χ0v) is 12.0. The van der Waals surface area contributed by atoms with E-state index in [9.17, 15) is 4.79 Å². The van der Waals surface area contributed by atoms with Gasteiger partial charge in [-0.15, -0.1) is 0 Å². The molecular weight excluding hydrogens is 234 g/mol. The molecule has 0 aromatic carbocycles. The molecule has 0 unspecified atom stereocenters. The summed E-state index contributed by atoms with van der Waals surface area (Å²) in [5.41, 5.74) is 4.99. The van der Waals surface area contributed by atoms with Crippen LogP contribution in [0.25, 0.3) is 0 Å². The first kappa shape index (κ1) is 14.4. The number of amides is 1. The maximum atomic E-state index is 11.0. The molecule has 0 aliphatic carbocycles. The van der Waals surface area contributed by atoms with Crippen molar-refractivity contribution in [1.82, 2.24) is 5.32 Å². The van der Waals surface area contributed by atoms with E-state index in [2.05, 4.69) is 19.2 Å². The van der Waals surface area contributed by atoms with Crippen LogP contribution < -0.4 is 11.1 Å². The van der Waals surface area contributed by atoms with Gasteiger partial charge in [0, 0.05) is 17.7 Å². The van der Waals surface area contributed by atoms with Crippen molar-refractivity contribution in [3.05, 3.63) is 0 Å². The molecule has 0 bridgehead atoms. The van der Waals surface area contributed by atoms with Crippen molar-refractivity contribution in [3.63, 3.8) is 0 Å². The van der Waals surface area contributed by atoms with E-state index in [1.807, 2.05) is 13.8 Å². The molecule has 98 valence electrons. The lowest BCUT2D eigenvalue weighted by Crippen LogP contribution is -2.44. The van der Waals surface area contributed by atoms with E-state index in [1.54, 1.807) is 11.8 Å². The Morgan fingerprint density at radius 3 is 2.53 bits per heavy atom. The summed E-state index contributed by atoms with van der Waals surface area (Å²) >= 11 is 1.74. The second-order valence-corrected chi connectivity index (χ2v) is 6.25. The Bertz CT molecular complexity index is 322. The topological polar surface area (TPSA) is 67.5 Å². The average Bonchev–Trinajstić information content (AvgIpc) is 2.59. The molecule has 0 radical (unpaired) electrons. The van der Waals surface area contributed by atoms with Gasteiger partial charge in [0.25, 0.3) is 0 Å². The lowest BCUT2D eigenvalue weighted by atomic mass is 9.96. The van der Waals surface area contributed by atoms with Crippen LogP contribution in [0.2, 0.25) is 0 Å². The highest BCUT2D eigenvalue weighted by molar-refractivity contribution is 8.14. The van der Waals surface area contributed by atoms with Crippen molar-refractivity contribution in [2.75, 3.05) is 5.75 Å². The van der Waals surface area contributed by atoms with Gasteiger partial charge in [-0.3, -0.25) is 9.79 Å². The second kappa shape index (κ2) is 5.29. The minimum Gasteiger partial charge on any atom is -0.370 e. The number of carbonyl (C=O) groups is 1. The zero-order chi connectivity index (χ0) is 13.1. The number of nitrogens with one attached hydrogen (secondary N) is 1. The fourth-order valence-corrected chi connectivity index (χ4v) is 3.41. The predicted molar refractivity (Wildman–Crippen MR) is 74.2 cm³/mol. The van der Waals surface area contributed by atoms with Crippen LogP contribution in [-0.4, -0.2) is 27.9 Å². The first-order valence-electron chi connectivity index (χ1n) is 6.11. The Labute approximate surface area is 108 Å². The van der Waals surface area contributed by atoms with Crippen molar-refractivity contribution in [2.24, 2.45) is 10.7 Å². The largest absolute Gasteiger partial charge is 0.370 e. The zero-order valence-electron chi connectivity index (χ0n) is 11.2. The van der Waals surface area contributed by atoms with Crippen molar-refractivity contribution in [2.45, 2.75) is 58.0 Å². The molecule has 1 aliphatic heterocycles. The van der Waals surface area contributed by atoms with Crippen molar-refractivity contribution in [3.8, 4) is 0 Å². The van der Waals surface area contributed by atoms with E-state index < -0.39 is 0 Å². The van der Waals surface area contributed by atoms with Crippen LogP contribution in [0, 0.1) is 0 Å². The summed E-state index contributed by atoms with van der Waals surface area (Å²) in [6.45, 7) is 8.29. The molecule has 0 saturated heterocycles. The van der Waals surface area contributed by atoms with Crippen molar-refractivity contribution in [1.29, 1.82) is 0 Å². The molecule has 17 heavy (non-hydrogen) atoms. The molecule has 5 heteroatoms. The molecule has 1 aliphatic rings. The smallest absolute Gasteiger partial charge is 0.219 e. The van der Waals surface area contributed by atoms with E-state index in [-0.39, 0.29) is 17.0 Å². The Kier molecular flexibility index (Phi) is 4.47. The van der Waals surface area contributed by atoms with Gasteiger partial charge in [-0.1, -0.05) is 25.6 Å². The van der Waals surface area contributed by atoms with E-state index in [0.29, 0.717) is 6.42 Å². The summed E-state index contributed by atoms with van der Waals surface area (Å²) < 4.78 is 0. The number of primary amides is 1. The fraction of sp³-hybridized carbons (Fsp3) is 0.833. The Morgan fingerprint density at radius 1 is 1.53 bits per heavy atom. The van der Waals surface area contributed by atoms with Gasteiger partial charge in [0.15, 0.2) is 5.17 Å². The minimum atomic E-state index is -0.324. The van der Waals surface area contributed by atoms with Gasteiger partial charge < -0.3 is 11.1 Å². The SMILES string of the molecule is CCC1(CC)CSC(NC(C)(C)CC(N)=O)=N1. The number of hydrogen-bond acceptors (Lipinski definition) is 4. The maximum Gasteiger partial charge on any atom is 0.219 e. The van der Waals surface area contributed by atoms with Gasteiger partial charge >= 0.3 is 0 Å². The van der Waals surface area contributed by atoms with Crippen LogP contribution in [-0.2, 0) is 4.79 Å². The lowest BCUT2D eigenvalue weighted by molar-refractivity contribution is -0.119. The third-order valence-corrected chi connectivity index (χ3v) is 4.34. The first-order valence-corrected chi connectivity index (χ1v) is 7.10. The molecule has 1 amide bonds. The molecule has 1 heterocycles. The van der Waals surface area contributed by atoms with Gasteiger partial charge in [-0.25, -0.2) is 0 Å². The summed E-state index contributed by atoms with van der Waals surface area (Å²) in [4.78, 5) is 15.7. The molecule has 1 rings (SSSR count). The molecule has 0 atom stereocenters. The molecule has 4 nitrogen and oxygen atoms in total. The molecule has 3 N–H and O–H groups in total. The van der Waals surface area contributed by atoms with E-state index in [4.69, 9.17) is 10.7 Å². The van der Waals surface area contributed by atoms with E-state index in [1.165, 1.54) is 0 Å². The Balaban J connectivity index is 2.67. The van der Waals surface area contributed by atoms with Crippen molar-refractivity contribution >= 4 is 22.8 Å². The van der Waals surface area contributed by atoms with Crippen molar-refractivity contribution < 1.29 is 4.79 Å². The molecule has 0 fully saturated rings. The number of hydrogen-bond donors (Lipinski definition) is 2. The first-order chi connectivity index (χ1) is 7.82. The second-order valence-electron chi connectivity index (χ2n) is 5.29. The standard InChI is InChI=1S/C12H23N3OS/c1-5-12(6-2)8-17-10(15-12)14-11(3,4)7-9(13)16/h5-8H2,1-4H3,(H2,13,16)(H,14,15). The molecule has 0 saturated carbocycles. The molecule has 0 aromatic heterocycles. The quantitative estimate of drug-likeness (QED) is 0.790. The summed E-state index contributed by atoms with van der Waals surface area (Å²) in [7, 11) is 0. The molecular formula is C12H23N3OS. The minimum absolute atomic E-state index is 0.0792. The number of thioether (sulfide) groups is 1. The highest BCUT2D eigenvalue weighted by Crippen LogP contribution is 2.33. The summed E-state index contributed by atoms with van der Waals surface area (Å²) in [6, 6.07) is 0. The Hall–Kier alpha value is -0.710. The van der Waals surface area contributed by atoms with Crippen LogP contribution in [0.15, 0.2) is 4.99 Å².